The van der Waals surface area contributed by atoms with Gasteiger partial charge in [0.1, 0.15) is 5.69 Å². The van der Waals surface area contributed by atoms with Crippen LogP contribution in [-0.4, -0.2) is 27.4 Å². The molecule has 1 amide bonds. The molecular formula is C20H21N5O. The van der Waals surface area contributed by atoms with E-state index >= 15 is 0 Å². The summed E-state index contributed by atoms with van der Waals surface area (Å²) < 4.78 is 0. The van der Waals surface area contributed by atoms with Gasteiger partial charge in [0, 0.05) is 18.4 Å². The number of carbonyl (C=O) groups is 1. The maximum atomic E-state index is 12.4. The number of anilines is 1. The number of carbonyl (C=O) groups excluding carboxylic acids is 1. The lowest BCUT2D eigenvalue weighted by Gasteiger charge is -2.09. The first-order valence-electron chi connectivity index (χ1n) is 8.52. The molecule has 0 saturated heterocycles. The zero-order chi connectivity index (χ0) is 18.2. The topological polar surface area (TPSA) is 79.8 Å². The molecule has 6 heteroatoms. The van der Waals surface area contributed by atoms with Crippen molar-refractivity contribution in [1.82, 2.24) is 20.3 Å². The number of nitrogens with one attached hydrogen (secondary N) is 2. The van der Waals surface area contributed by atoms with Crippen LogP contribution in [0.4, 0.5) is 5.95 Å². The van der Waals surface area contributed by atoms with Gasteiger partial charge in [0.15, 0.2) is 0 Å². The van der Waals surface area contributed by atoms with Crippen LogP contribution in [0.5, 0.6) is 0 Å². The van der Waals surface area contributed by atoms with Crippen molar-refractivity contribution < 1.29 is 4.79 Å². The van der Waals surface area contributed by atoms with Crippen molar-refractivity contribution in [3.8, 4) is 0 Å². The van der Waals surface area contributed by atoms with Crippen molar-refractivity contribution >= 4 is 11.9 Å². The van der Waals surface area contributed by atoms with Gasteiger partial charge in [0.2, 0.25) is 5.95 Å². The Balaban J connectivity index is 1.58. The van der Waals surface area contributed by atoms with Gasteiger partial charge < -0.3 is 10.6 Å². The first-order chi connectivity index (χ1) is 12.7. The number of aryl methyl sites for hydroxylation is 1. The molecule has 3 aromatic rings. The van der Waals surface area contributed by atoms with E-state index in [1.54, 1.807) is 12.3 Å². The Bertz CT molecular complexity index is 853. The Morgan fingerprint density at radius 1 is 1.04 bits per heavy atom. The third kappa shape index (κ3) is 5.11. The van der Waals surface area contributed by atoms with Crippen LogP contribution in [0.1, 0.15) is 27.4 Å². The standard InChI is InChI=1S/C20H21N5O/c1-15-13-18(19(26)23-14-17-9-5-6-11-21-17)25-20(24-15)22-12-10-16-7-3-2-4-8-16/h2-9,11,13H,10,12,14H2,1H3,(H,23,26)(H,22,24,25). The van der Waals surface area contributed by atoms with Gasteiger partial charge in [-0.1, -0.05) is 36.4 Å². The lowest BCUT2D eigenvalue weighted by atomic mass is 10.1. The number of aromatic nitrogens is 3. The van der Waals surface area contributed by atoms with Gasteiger partial charge in [-0.3, -0.25) is 9.78 Å². The molecule has 0 aliphatic heterocycles. The summed E-state index contributed by atoms with van der Waals surface area (Å²) in [7, 11) is 0. The maximum Gasteiger partial charge on any atom is 0.270 e. The highest BCUT2D eigenvalue weighted by Crippen LogP contribution is 2.06. The van der Waals surface area contributed by atoms with Crippen LogP contribution in [0, 0.1) is 6.92 Å². The Hall–Kier alpha value is -3.28. The molecule has 2 aromatic heterocycles. The van der Waals surface area contributed by atoms with Gasteiger partial charge >= 0.3 is 0 Å². The first-order valence-corrected chi connectivity index (χ1v) is 8.52. The number of pyridine rings is 1. The Labute approximate surface area is 152 Å². The van der Waals surface area contributed by atoms with Crippen LogP contribution in [-0.2, 0) is 13.0 Å². The summed E-state index contributed by atoms with van der Waals surface area (Å²) >= 11 is 0. The fraction of sp³-hybridized carbons (Fsp3) is 0.200. The van der Waals surface area contributed by atoms with Crippen molar-refractivity contribution in [1.29, 1.82) is 0 Å². The van der Waals surface area contributed by atoms with E-state index in [4.69, 9.17) is 0 Å². The van der Waals surface area contributed by atoms with Crippen molar-refractivity contribution in [2.45, 2.75) is 19.9 Å². The van der Waals surface area contributed by atoms with Gasteiger partial charge in [0.05, 0.1) is 12.2 Å². The summed E-state index contributed by atoms with van der Waals surface area (Å²) in [6.45, 7) is 2.90. The number of nitrogens with zero attached hydrogens (tertiary/aromatic N) is 3. The Morgan fingerprint density at radius 2 is 1.85 bits per heavy atom. The predicted molar refractivity (Wildman–Crippen MR) is 101 cm³/mol. The fourth-order valence-electron chi connectivity index (χ4n) is 2.49. The predicted octanol–water partition coefficient (Wildman–Crippen LogP) is 2.76. The summed E-state index contributed by atoms with van der Waals surface area (Å²) in [6, 6.07) is 17.5. The number of rotatable bonds is 7. The minimum atomic E-state index is -0.243. The monoisotopic (exact) mass is 347 g/mol. The van der Waals surface area contributed by atoms with E-state index in [0.29, 0.717) is 24.7 Å². The molecule has 0 fully saturated rings. The second-order valence-corrected chi connectivity index (χ2v) is 5.88. The second kappa shape index (κ2) is 8.71. The highest BCUT2D eigenvalue weighted by Gasteiger charge is 2.10. The second-order valence-electron chi connectivity index (χ2n) is 5.88. The molecule has 2 N–H and O–H groups in total. The average molecular weight is 347 g/mol. The van der Waals surface area contributed by atoms with E-state index < -0.39 is 0 Å². The van der Waals surface area contributed by atoms with Crippen LogP contribution in [0.3, 0.4) is 0 Å². The average Bonchev–Trinajstić information content (AvgIpc) is 2.67. The SMILES string of the molecule is Cc1cc(C(=O)NCc2ccccn2)nc(NCCc2ccccc2)n1. The van der Waals surface area contributed by atoms with E-state index in [1.165, 1.54) is 5.56 Å². The van der Waals surface area contributed by atoms with Crippen LogP contribution in [0.15, 0.2) is 60.8 Å². The molecule has 0 aliphatic rings. The zero-order valence-electron chi connectivity index (χ0n) is 14.6. The summed E-state index contributed by atoms with van der Waals surface area (Å²) in [6.07, 6.45) is 2.56. The molecule has 0 aliphatic carbocycles. The molecule has 2 heterocycles. The highest BCUT2D eigenvalue weighted by atomic mass is 16.1. The summed E-state index contributed by atoms with van der Waals surface area (Å²) in [5, 5.41) is 6.02. The third-order valence-electron chi connectivity index (χ3n) is 3.78. The molecular weight excluding hydrogens is 326 g/mol. The molecule has 0 saturated carbocycles. The van der Waals surface area contributed by atoms with E-state index in [0.717, 1.165) is 17.8 Å². The molecule has 0 unspecified atom stereocenters. The van der Waals surface area contributed by atoms with Gasteiger partial charge in [-0.25, -0.2) is 9.97 Å². The van der Waals surface area contributed by atoms with Crippen molar-refractivity contribution in [2.24, 2.45) is 0 Å². The minimum Gasteiger partial charge on any atom is -0.354 e. The van der Waals surface area contributed by atoms with Crippen molar-refractivity contribution in [3.63, 3.8) is 0 Å². The van der Waals surface area contributed by atoms with Gasteiger partial charge in [-0.2, -0.15) is 0 Å². The molecule has 6 nitrogen and oxygen atoms in total. The molecule has 0 atom stereocenters. The fourth-order valence-corrected chi connectivity index (χ4v) is 2.49. The molecule has 0 bridgehead atoms. The molecule has 26 heavy (non-hydrogen) atoms. The number of hydrogen-bond donors (Lipinski definition) is 2. The molecule has 3 rings (SSSR count). The van der Waals surface area contributed by atoms with Gasteiger partial charge in [0.25, 0.3) is 5.91 Å². The number of hydrogen-bond acceptors (Lipinski definition) is 5. The maximum absolute atomic E-state index is 12.4. The quantitative estimate of drug-likeness (QED) is 0.687. The molecule has 0 radical (unpaired) electrons. The summed E-state index contributed by atoms with van der Waals surface area (Å²) in [5.74, 6) is 0.219. The third-order valence-corrected chi connectivity index (χ3v) is 3.78. The van der Waals surface area contributed by atoms with Crippen molar-refractivity contribution in [3.05, 3.63) is 83.4 Å². The molecule has 0 spiro atoms. The number of benzene rings is 1. The van der Waals surface area contributed by atoms with Crippen LogP contribution >= 0.6 is 0 Å². The lowest BCUT2D eigenvalue weighted by molar-refractivity contribution is 0.0945. The van der Waals surface area contributed by atoms with E-state index in [1.807, 2.05) is 43.3 Å². The van der Waals surface area contributed by atoms with E-state index in [2.05, 4.69) is 37.7 Å². The van der Waals surface area contributed by atoms with Crippen LogP contribution < -0.4 is 10.6 Å². The van der Waals surface area contributed by atoms with Gasteiger partial charge in [-0.05, 0) is 37.1 Å². The lowest BCUT2D eigenvalue weighted by Crippen LogP contribution is -2.25. The first kappa shape index (κ1) is 17.5. The zero-order valence-corrected chi connectivity index (χ0v) is 14.6. The minimum absolute atomic E-state index is 0.243. The highest BCUT2D eigenvalue weighted by molar-refractivity contribution is 5.92. The largest absolute Gasteiger partial charge is 0.354 e. The molecule has 132 valence electrons. The van der Waals surface area contributed by atoms with Crippen LogP contribution in [0.2, 0.25) is 0 Å². The normalized spacial score (nSPS) is 10.3. The summed E-state index contributed by atoms with van der Waals surface area (Å²) in [5.41, 5.74) is 3.12. The van der Waals surface area contributed by atoms with Crippen molar-refractivity contribution in [2.75, 3.05) is 11.9 Å². The Morgan fingerprint density at radius 3 is 2.62 bits per heavy atom. The number of amides is 1. The van der Waals surface area contributed by atoms with E-state index in [-0.39, 0.29) is 5.91 Å². The Kier molecular flexibility index (Phi) is 5.88. The van der Waals surface area contributed by atoms with Gasteiger partial charge in [-0.15, -0.1) is 0 Å². The van der Waals surface area contributed by atoms with Crippen LogP contribution in [0.25, 0.3) is 0 Å². The smallest absolute Gasteiger partial charge is 0.270 e. The molecule has 1 aromatic carbocycles. The van der Waals surface area contributed by atoms with E-state index in [9.17, 15) is 4.79 Å². The summed E-state index contributed by atoms with van der Waals surface area (Å²) in [4.78, 5) is 25.2.